The zero-order valence-corrected chi connectivity index (χ0v) is 17.2. The van der Waals surface area contributed by atoms with Crippen molar-refractivity contribution in [3.05, 3.63) is 64.6 Å². The van der Waals surface area contributed by atoms with Crippen LogP contribution in [0.2, 0.25) is 0 Å². The monoisotopic (exact) mass is 412 g/mol. The van der Waals surface area contributed by atoms with Crippen molar-refractivity contribution in [2.75, 3.05) is 6.26 Å². The molecule has 0 atom stereocenters. The van der Waals surface area contributed by atoms with Crippen LogP contribution in [0.1, 0.15) is 42.5 Å². The molecule has 152 valence electrons. The van der Waals surface area contributed by atoms with E-state index in [0.29, 0.717) is 18.0 Å². The molecule has 2 aromatic carbocycles. The van der Waals surface area contributed by atoms with E-state index in [1.165, 1.54) is 48.1 Å². The second-order valence-corrected chi connectivity index (χ2v) is 9.84. The first kappa shape index (κ1) is 19.6. The van der Waals surface area contributed by atoms with Crippen molar-refractivity contribution in [2.24, 2.45) is 5.92 Å². The predicted octanol–water partition coefficient (Wildman–Crippen LogP) is 3.48. The lowest BCUT2D eigenvalue weighted by molar-refractivity contribution is 0.0959. The first-order chi connectivity index (χ1) is 13.9. The van der Waals surface area contributed by atoms with Gasteiger partial charge in [-0.15, -0.1) is 0 Å². The minimum absolute atomic E-state index is 0.0577. The first-order valence-corrected chi connectivity index (χ1v) is 11.8. The average molecular weight is 413 g/mol. The van der Waals surface area contributed by atoms with Crippen LogP contribution in [0.25, 0.3) is 11.0 Å². The molecule has 1 aromatic heterocycles. The number of imidazole rings is 1. The third kappa shape index (κ3) is 3.79. The summed E-state index contributed by atoms with van der Waals surface area (Å²) >= 11 is 0. The number of carbonyl (C=O) groups is 1. The normalized spacial score (nSPS) is 15.6. The summed E-state index contributed by atoms with van der Waals surface area (Å²) in [6, 6.07) is 13.1. The summed E-state index contributed by atoms with van der Waals surface area (Å²) in [6.07, 6.45) is 6.87. The Morgan fingerprint density at radius 3 is 2.38 bits per heavy atom. The molecular weight excluding hydrogens is 388 g/mol. The Bertz CT molecular complexity index is 1230. The van der Waals surface area contributed by atoms with Gasteiger partial charge in [-0.3, -0.25) is 9.36 Å². The summed E-state index contributed by atoms with van der Waals surface area (Å²) in [5, 5.41) is 0. The zero-order chi connectivity index (χ0) is 20.6. The van der Waals surface area contributed by atoms with Gasteiger partial charge in [-0.05, 0) is 49.1 Å². The molecule has 1 heterocycles. The van der Waals surface area contributed by atoms with Crippen LogP contribution in [0.15, 0.2) is 58.2 Å². The minimum atomic E-state index is -3.45. The number of sulfone groups is 1. The van der Waals surface area contributed by atoms with E-state index >= 15 is 0 Å². The molecule has 0 saturated heterocycles. The molecule has 1 aliphatic rings. The van der Waals surface area contributed by atoms with E-state index in [-0.39, 0.29) is 16.1 Å². The Morgan fingerprint density at radius 2 is 1.69 bits per heavy atom. The van der Waals surface area contributed by atoms with Crippen LogP contribution >= 0.6 is 0 Å². The van der Waals surface area contributed by atoms with Crippen LogP contribution in [0.5, 0.6) is 0 Å². The quantitative estimate of drug-likeness (QED) is 0.657. The molecule has 3 aromatic rings. The molecule has 1 saturated carbocycles. The molecule has 7 heteroatoms. The summed E-state index contributed by atoms with van der Waals surface area (Å²) in [5.74, 6) is -0.0801. The van der Waals surface area contributed by atoms with E-state index in [9.17, 15) is 18.0 Å². The number of hydrogen-bond acceptors (Lipinski definition) is 4. The second kappa shape index (κ2) is 7.63. The van der Waals surface area contributed by atoms with Crippen LogP contribution in [0.4, 0.5) is 0 Å². The molecule has 0 bridgehead atoms. The van der Waals surface area contributed by atoms with E-state index in [4.69, 9.17) is 0 Å². The van der Waals surface area contributed by atoms with Gasteiger partial charge in [0.05, 0.1) is 15.9 Å². The molecule has 0 aliphatic heterocycles. The lowest BCUT2D eigenvalue weighted by Gasteiger charge is -2.21. The van der Waals surface area contributed by atoms with Crippen molar-refractivity contribution >= 4 is 26.8 Å². The Morgan fingerprint density at radius 1 is 1.00 bits per heavy atom. The maximum atomic E-state index is 13.2. The molecule has 0 spiro atoms. The second-order valence-electron chi connectivity index (χ2n) is 7.83. The SMILES string of the molecule is CS(=O)(=O)c1cccc(C(=O)n2c(=O)n(CC3CCCCC3)c3ccccc32)c1. The molecule has 1 aliphatic carbocycles. The molecule has 4 rings (SSSR count). The van der Waals surface area contributed by atoms with Crippen LogP contribution in [-0.4, -0.2) is 29.7 Å². The molecule has 1 fully saturated rings. The summed E-state index contributed by atoms with van der Waals surface area (Å²) in [5.41, 5.74) is 1.08. The van der Waals surface area contributed by atoms with Gasteiger partial charge in [-0.25, -0.2) is 17.8 Å². The number of aromatic nitrogens is 2. The summed E-state index contributed by atoms with van der Waals surface area (Å²) in [6.45, 7) is 0.600. The van der Waals surface area contributed by atoms with Crippen molar-refractivity contribution in [1.82, 2.24) is 9.13 Å². The van der Waals surface area contributed by atoms with Gasteiger partial charge >= 0.3 is 5.69 Å². The molecule has 0 N–H and O–H groups in total. The standard InChI is InChI=1S/C22H24N2O4S/c1-29(27,28)18-11-7-10-17(14-18)21(25)24-20-13-6-5-12-19(20)23(22(24)26)15-16-8-3-2-4-9-16/h5-7,10-14,16H,2-4,8-9,15H2,1H3. The Hall–Kier alpha value is -2.67. The summed E-state index contributed by atoms with van der Waals surface area (Å²) in [4.78, 5) is 26.5. The van der Waals surface area contributed by atoms with Crippen LogP contribution < -0.4 is 5.69 Å². The Labute approximate surface area is 169 Å². The van der Waals surface area contributed by atoms with Gasteiger partial charge in [0.1, 0.15) is 0 Å². The van der Waals surface area contributed by atoms with Gasteiger partial charge in [0, 0.05) is 18.4 Å². The number of benzene rings is 2. The molecule has 0 radical (unpaired) electrons. The highest BCUT2D eigenvalue weighted by atomic mass is 32.2. The van der Waals surface area contributed by atoms with E-state index in [1.54, 1.807) is 16.7 Å². The fourth-order valence-electron chi connectivity index (χ4n) is 4.20. The molecule has 29 heavy (non-hydrogen) atoms. The number of fused-ring (bicyclic) bond motifs is 1. The average Bonchev–Trinajstić information content (AvgIpc) is 2.99. The number of nitrogens with zero attached hydrogens (tertiary/aromatic N) is 2. The van der Waals surface area contributed by atoms with Gasteiger partial charge < -0.3 is 0 Å². The van der Waals surface area contributed by atoms with Crippen LogP contribution in [0, 0.1) is 5.92 Å². The maximum Gasteiger partial charge on any atom is 0.336 e. The van der Waals surface area contributed by atoms with Crippen molar-refractivity contribution in [1.29, 1.82) is 0 Å². The van der Waals surface area contributed by atoms with Gasteiger partial charge in [-0.1, -0.05) is 37.5 Å². The Balaban J connectivity index is 1.81. The van der Waals surface area contributed by atoms with Crippen molar-refractivity contribution in [3.8, 4) is 0 Å². The zero-order valence-electron chi connectivity index (χ0n) is 16.4. The minimum Gasteiger partial charge on any atom is -0.291 e. The predicted molar refractivity (Wildman–Crippen MR) is 112 cm³/mol. The lowest BCUT2D eigenvalue weighted by atomic mass is 9.89. The molecular formula is C22H24N2O4S. The van der Waals surface area contributed by atoms with Gasteiger partial charge in [0.25, 0.3) is 5.91 Å². The maximum absolute atomic E-state index is 13.2. The fourth-order valence-corrected chi connectivity index (χ4v) is 4.86. The highest BCUT2D eigenvalue weighted by molar-refractivity contribution is 7.90. The largest absolute Gasteiger partial charge is 0.336 e. The number of para-hydroxylation sites is 2. The number of rotatable bonds is 4. The number of hydrogen-bond donors (Lipinski definition) is 0. The van der Waals surface area contributed by atoms with E-state index in [0.717, 1.165) is 24.6 Å². The van der Waals surface area contributed by atoms with Crippen molar-refractivity contribution in [3.63, 3.8) is 0 Å². The van der Waals surface area contributed by atoms with Crippen LogP contribution in [0.3, 0.4) is 0 Å². The molecule has 6 nitrogen and oxygen atoms in total. The molecule has 0 amide bonds. The summed E-state index contributed by atoms with van der Waals surface area (Å²) < 4.78 is 26.6. The molecule has 0 unspecified atom stereocenters. The topological polar surface area (TPSA) is 78.1 Å². The van der Waals surface area contributed by atoms with E-state index in [1.807, 2.05) is 12.1 Å². The Kier molecular flexibility index (Phi) is 5.17. The van der Waals surface area contributed by atoms with E-state index < -0.39 is 15.7 Å². The third-order valence-electron chi connectivity index (χ3n) is 5.71. The van der Waals surface area contributed by atoms with Gasteiger partial charge in [-0.2, -0.15) is 0 Å². The van der Waals surface area contributed by atoms with Crippen molar-refractivity contribution < 1.29 is 13.2 Å². The van der Waals surface area contributed by atoms with Crippen molar-refractivity contribution in [2.45, 2.75) is 43.5 Å². The number of carbonyl (C=O) groups excluding carboxylic acids is 1. The van der Waals surface area contributed by atoms with Crippen LogP contribution in [-0.2, 0) is 16.4 Å². The van der Waals surface area contributed by atoms with E-state index in [2.05, 4.69) is 0 Å². The van der Waals surface area contributed by atoms with Gasteiger partial charge in [0.2, 0.25) is 0 Å². The summed E-state index contributed by atoms with van der Waals surface area (Å²) in [7, 11) is -3.45. The van der Waals surface area contributed by atoms with Gasteiger partial charge in [0.15, 0.2) is 9.84 Å². The smallest absolute Gasteiger partial charge is 0.291 e. The first-order valence-electron chi connectivity index (χ1n) is 9.91. The highest BCUT2D eigenvalue weighted by Crippen LogP contribution is 2.26. The third-order valence-corrected chi connectivity index (χ3v) is 6.82. The fraction of sp³-hybridized carbons (Fsp3) is 0.364. The lowest BCUT2D eigenvalue weighted by Crippen LogP contribution is -2.31. The highest BCUT2D eigenvalue weighted by Gasteiger charge is 2.23.